The van der Waals surface area contributed by atoms with Crippen molar-refractivity contribution in [2.75, 3.05) is 18.5 Å². The molecule has 1 aliphatic heterocycles. The normalized spacial score (nSPS) is 16.0. The average molecular weight is 402 g/mol. The van der Waals surface area contributed by atoms with Gasteiger partial charge in [0.1, 0.15) is 0 Å². The van der Waals surface area contributed by atoms with E-state index >= 15 is 0 Å². The molecule has 0 spiro atoms. The fourth-order valence-electron chi connectivity index (χ4n) is 3.25. The Balaban J connectivity index is 1.73. The number of carbonyl (C=O) groups excluding carboxylic acids is 2. The number of fused-ring (bicyclic) bond motifs is 1. The Morgan fingerprint density at radius 2 is 1.89 bits per heavy atom. The first-order valence-corrected chi connectivity index (χ1v) is 10.4. The third-order valence-corrected chi connectivity index (χ3v) is 5.71. The first-order chi connectivity index (χ1) is 13.2. The summed E-state index contributed by atoms with van der Waals surface area (Å²) in [7, 11) is -3.83. The van der Waals surface area contributed by atoms with Gasteiger partial charge in [-0.1, -0.05) is 13.0 Å². The van der Waals surface area contributed by atoms with Gasteiger partial charge in [-0.25, -0.2) is 18.4 Å². The summed E-state index contributed by atoms with van der Waals surface area (Å²) in [5.41, 5.74) is 3.44. The lowest BCUT2D eigenvalue weighted by molar-refractivity contribution is 0.0475. The maximum atomic E-state index is 12.6. The molecule has 0 fully saturated rings. The molecule has 0 aliphatic carbocycles. The first kappa shape index (κ1) is 20.0. The third kappa shape index (κ3) is 4.23. The van der Waals surface area contributed by atoms with Gasteiger partial charge < -0.3 is 10.1 Å². The van der Waals surface area contributed by atoms with E-state index in [0.717, 1.165) is 29.8 Å². The van der Waals surface area contributed by atoms with Crippen molar-refractivity contribution in [1.29, 1.82) is 0 Å². The Kier molecular flexibility index (Phi) is 5.53. The summed E-state index contributed by atoms with van der Waals surface area (Å²) < 4.78 is 27.8. The smallest absolute Gasteiger partial charge is 0.340 e. The van der Waals surface area contributed by atoms with Gasteiger partial charge in [0.25, 0.3) is 0 Å². The molecule has 0 aromatic heterocycles. The second kappa shape index (κ2) is 7.73. The van der Waals surface area contributed by atoms with Crippen LogP contribution in [0, 0.1) is 6.92 Å². The fraction of sp³-hybridized carbons (Fsp3) is 0.300. The summed E-state index contributed by atoms with van der Waals surface area (Å²) in [5, 5.41) is 8.29. The molecule has 0 radical (unpaired) electrons. The Bertz CT molecular complexity index is 1030. The van der Waals surface area contributed by atoms with Gasteiger partial charge in [-0.15, -0.1) is 0 Å². The number of carbonyl (C=O) groups is 2. The number of benzene rings is 2. The molecule has 0 amide bonds. The number of nitrogens with two attached hydrogens (primary N) is 1. The highest BCUT2D eigenvalue weighted by Crippen LogP contribution is 2.35. The lowest BCUT2D eigenvalue weighted by Gasteiger charge is -2.26. The van der Waals surface area contributed by atoms with Crippen molar-refractivity contribution in [2.45, 2.75) is 31.1 Å². The van der Waals surface area contributed by atoms with Crippen molar-refractivity contribution >= 4 is 27.5 Å². The molecular weight excluding hydrogens is 380 g/mol. The van der Waals surface area contributed by atoms with Gasteiger partial charge in [-0.2, -0.15) is 0 Å². The third-order valence-electron chi connectivity index (χ3n) is 4.78. The van der Waals surface area contributed by atoms with Crippen LogP contribution in [-0.4, -0.2) is 33.3 Å². The number of aryl methyl sites for hydroxylation is 1. The number of hydrogen-bond donors (Lipinski definition) is 2. The zero-order chi connectivity index (χ0) is 20.5. The van der Waals surface area contributed by atoms with Crippen LogP contribution in [0.1, 0.15) is 51.1 Å². The van der Waals surface area contributed by atoms with Crippen LogP contribution < -0.4 is 10.5 Å². The number of nitrogens with one attached hydrogen (secondary N) is 1. The molecule has 0 unspecified atom stereocenters. The van der Waals surface area contributed by atoms with Crippen molar-refractivity contribution in [3.8, 4) is 0 Å². The number of ether oxygens (including phenoxy) is 1. The molecule has 1 atom stereocenters. The number of rotatable bonds is 5. The number of ketones is 1. The molecule has 1 aliphatic rings. The summed E-state index contributed by atoms with van der Waals surface area (Å²) in [5.74, 6) is -0.671. The predicted octanol–water partition coefficient (Wildman–Crippen LogP) is 2.60. The second-order valence-corrected chi connectivity index (χ2v) is 8.52. The van der Waals surface area contributed by atoms with Crippen LogP contribution >= 0.6 is 0 Å². The molecule has 2 aromatic carbocycles. The Labute approximate surface area is 163 Å². The summed E-state index contributed by atoms with van der Waals surface area (Å²) in [6.07, 6.45) is 0.984. The Hall–Kier alpha value is -2.71. The first-order valence-electron chi connectivity index (χ1n) is 8.88. The van der Waals surface area contributed by atoms with Gasteiger partial charge in [0.15, 0.2) is 12.4 Å². The van der Waals surface area contributed by atoms with E-state index in [4.69, 9.17) is 9.88 Å². The number of esters is 1. The van der Waals surface area contributed by atoms with Crippen molar-refractivity contribution in [1.82, 2.24) is 0 Å². The zero-order valence-electron chi connectivity index (χ0n) is 15.7. The lowest BCUT2D eigenvalue weighted by atomic mass is 9.89. The minimum atomic E-state index is -3.83. The van der Waals surface area contributed by atoms with E-state index in [1.807, 2.05) is 6.92 Å². The van der Waals surface area contributed by atoms with E-state index in [1.54, 1.807) is 6.07 Å². The van der Waals surface area contributed by atoms with E-state index in [1.165, 1.54) is 24.3 Å². The van der Waals surface area contributed by atoms with E-state index in [-0.39, 0.29) is 10.5 Å². The summed E-state index contributed by atoms with van der Waals surface area (Å²) in [4.78, 5) is 24.8. The summed E-state index contributed by atoms with van der Waals surface area (Å²) in [6.45, 7) is 4.36. The second-order valence-electron chi connectivity index (χ2n) is 6.96. The standard InChI is InChI=1S/C20H22N2O5S/c1-12-9-16-13(2)7-8-22-19(16)17(10-12)20(24)27-11-18(23)14-3-5-15(6-4-14)28(21,25)26/h3-6,9-10,13,22H,7-8,11H2,1-2H3,(H2,21,25,26)/t13-/m1/s1. The maximum Gasteiger partial charge on any atom is 0.340 e. The highest BCUT2D eigenvalue weighted by atomic mass is 32.2. The van der Waals surface area contributed by atoms with Crippen LogP contribution in [0.5, 0.6) is 0 Å². The van der Waals surface area contributed by atoms with Gasteiger partial charge >= 0.3 is 5.97 Å². The zero-order valence-corrected chi connectivity index (χ0v) is 16.5. The maximum absolute atomic E-state index is 12.6. The molecule has 0 bridgehead atoms. The van der Waals surface area contributed by atoms with Gasteiger partial charge in [0.05, 0.1) is 16.1 Å². The number of sulfonamides is 1. The number of hydrogen-bond acceptors (Lipinski definition) is 6. The predicted molar refractivity (Wildman–Crippen MR) is 105 cm³/mol. The summed E-state index contributed by atoms with van der Waals surface area (Å²) in [6, 6.07) is 8.97. The van der Waals surface area contributed by atoms with Gasteiger partial charge in [-0.05, 0) is 60.7 Å². The van der Waals surface area contributed by atoms with Gasteiger partial charge in [0.2, 0.25) is 10.0 Å². The number of anilines is 1. The monoisotopic (exact) mass is 402 g/mol. The topological polar surface area (TPSA) is 116 Å². The van der Waals surface area contributed by atoms with Crippen LogP contribution in [0.15, 0.2) is 41.3 Å². The molecule has 0 saturated heterocycles. The van der Waals surface area contributed by atoms with E-state index in [9.17, 15) is 18.0 Å². The van der Waals surface area contributed by atoms with Gasteiger partial charge in [-0.3, -0.25) is 4.79 Å². The largest absolute Gasteiger partial charge is 0.454 e. The molecule has 2 aromatic rings. The molecule has 3 rings (SSSR count). The summed E-state index contributed by atoms with van der Waals surface area (Å²) >= 11 is 0. The van der Waals surface area contributed by atoms with E-state index < -0.39 is 28.4 Å². The van der Waals surface area contributed by atoms with Crippen LogP contribution in [-0.2, 0) is 14.8 Å². The molecule has 28 heavy (non-hydrogen) atoms. The molecule has 8 heteroatoms. The van der Waals surface area contributed by atoms with Crippen molar-refractivity contribution < 1.29 is 22.7 Å². The van der Waals surface area contributed by atoms with Crippen LogP contribution in [0.3, 0.4) is 0 Å². The molecule has 1 heterocycles. The molecule has 3 N–H and O–H groups in total. The van der Waals surface area contributed by atoms with Crippen LogP contribution in [0.2, 0.25) is 0 Å². The SMILES string of the molecule is Cc1cc(C(=O)OCC(=O)c2ccc(S(N)(=O)=O)cc2)c2c(c1)[C@H](C)CCN2. The highest BCUT2D eigenvalue weighted by molar-refractivity contribution is 7.89. The van der Waals surface area contributed by atoms with Crippen molar-refractivity contribution in [3.05, 3.63) is 58.7 Å². The minimum absolute atomic E-state index is 0.0902. The van der Waals surface area contributed by atoms with Crippen LogP contribution in [0.4, 0.5) is 5.69 Å². The minimum Gasteiger partial charge on any atom is -0.454 e. The quantitative estimate of drug-likeness (QED) is 0.587. The number of primary sulfonamides is 1. The van der Waals surface area contributed by atoms with Gasteiger partial charge in [0, 0.05) is 12.1 Å². The average Bonchev–Trinajstić information content (AvgIpc) is 2.65. The molecule has 7 nitrogen and oxygen atoms in total. The fourth-order valence-corrected chi connectivity index (χ4v) is 3.77. The molecular formula is C20H22N2O5S. The van der Waals surface area contributed by atoms with Crippen molar-refractivity contribution in [2.24, 2.45) is 5.14 Å². The van der Waals surface area contributed by atoms with Crippen LogP contribution in [0.25, 0.3) is 0 Å². The Morgan fingerprint density at radius 3 is 2.54 bits per heavy atom. The molecule has 148 valence electrons. The lowest BCUT2D eigenvalue weighted by Crippen LogP contribution is -2.21. The van der Waals surface area contributed by atoms with E-state index in [0.29, 0.717) is 11.5 Å². The highest BCUT2D eigenvalue weighted by Gasteiger charge is 2.24. The molecule has 0 saturated carbocycles. The van der Waals surface area contributed by atoms with Crippen molar-refractivity contribution in [3.63, 3.8) is 0 Å². The van der Waals surface area contributed by atoms with E-state index in [2.05, 4.69) is 18.3 Å². The number of Topliss-reactive ketones (excluding diaryl/α,β-unsaturated/α-hetero) is 1. The Morgan fingerprint density at radius 1 is 1.21 bits per heavy atom.